The second-order valence-electron chi connectivity index (χ2n) is 6.51. The minimum absolute atomic E-state index is 0.0907. The van der Waals surface area contributed by atoms with Crippen LogP contribution in [0, 0.1) is 6.92 Å². The van der Waals surface area contributed by atoms with E-state index in [1.807, 2.05) is 67.6 Å². The van der Waals surface area contributed by atoms with Crippen molar-refractivity contribution in [2.75, 3.05) is 0 Å². The molecule has 1 heterocycles. The average Bonchev–Trinajstić information content (AvgIpc) is 2.71. The third kappa shape index (κ3) is 3.29. The van der Waals surface area contributed by atoms with Gasteiger partial charge in [0.1, 0.15) is 6.54 Å². The van der Waals surface area contributed by atoms with E-state index in [1.165, 1.54) is 4.68 Å². The highest BCUT2D eigenvalue weighted by molar-refractivity contribution is 5.97. The quantitative estimate of drug-likeness (QED) is 0.515. The first kappa shape index (κ1) is 16.9. The summed E-state index contributed by atoms with van der Waals surface area (Å²) in [6, 6.07) is 24.3. The first-order valence-corrected chi connectivity index (χ1v) is 8.78. The van der Waals surface area contributed by atoms with Gasteiger partial charge in [0.05, 0.1) is 11.1 Å². The van der Waals surface area contributed by atoms with Gasteiger partial charge in [-0.3, -0.25) is 9.59 Å². The summed E-state index contributed by atoms with van der Waals surface area (Å²) in [5.41, 5.74) is 3.07. The average molecular weight is 354 g/mol. The summed E-state index contributed by atoms with van der Waals surface area (Å²) in [7, 11) is 0. The number of nitrogens with zero attached hydrogens (tertiary/aromatic N) is 2. The fourth-order valence-electron chi connectivity index (χ4n) is 3.12. The molecule has 0 fully saturated rings. The SMILES string of the molecule is Cc1ccc(-c2nn(CC(=O)c3ccccc3)c(=O)c3ccccc23)cc1. The molecule has 4 aromatic rings. The largest absolute Gasteiger partial charge is 0.292 e. The molecule has 0 aliphatic carbocycles. The molecule has 4 heteroatoms. The van der Waals surface area contributed by atoms with Crippen molar-refractivity contribution in [1.82, 2.24) is 9.78 Å². The molecule has 4 rings (SSSR count). The first-order valence-electron chi connectivity index (χ1n) is 8.78. The molecule has 27 heavy (non-hydrogen) atoms. The van der Waals surface area contributed by atoms with Gasteiger partial charge in [-0.2, -0.15) is 5.10 Å². The molecule has 0 atom stereocenters. The number of aromatic nitrogens is 2. The Labute approximate surface area is 156 Å². The topological polar surface area (TPSA) is 52.0 Å². The summed E-state index contributed by atoms with van der Waals surface area (Å²) >= 11 is 0. The predicted molar refractivity (Wildman–Crippen MR) is 107 cm³/mol. The van der Waals surface area contributed by atoms with Crippen LogP contribution in [0.15, 0.2) is 83.7 Å². The molecule has 0 amide bonds. The van der Waals surface area contributed by atoms with Crippen LogP contribution in [-0.2, 0) is 6.54 Å². The number of hydrogen-bond donors (Lipinski definition) is 0. The fraction of sp³-hybridized carbons (Fsp3) is 0.0870. The van der Waals surface area contributed by atoms with Crippen LogP contribution in [0.3, 0.4) is 0 Å². The molecular formula is C23H18N2O2. The Morgan fingerprint density at radius 3 is 2.19 bits per heavy atom. The third-order valence-electron chi connectivity index (χ3n) is 4.58. The highest BCUT2D eigenvalue weighted by Gasteiger charge is 2.15. The Bertz CT molecular complexity index is 1180. The van der Waals surface area contributed by atoms with Crippen molar-refractivity contribution in [3.05, 3.63) is 100 Å². The second kappa shape index (κ2) is 7.00. The van der Waals surface area contributed by atoms with Gasteiger partial charge in [0.2, 0.25) is 0 Å². The van der Waals surface area contributed by atoms with E-state index >= 15 is 0 Å². The number of fused-ring (bicyclic) bond motifs is 1. The van der Waals surface area contributed by atoms with Crippen LogP contribution in [0.25, 0.3) is 22.0 Å². The lowest BCUT2D eigenvalue weighted by molar-refractivity contribution is 0.0966. The molecule has 0 aliphatic heterocycles. The Morgan fingerprint density at radius 2 is 1.48 bits per heavy atom. The normalized spacial score (nSPS) is 10.9. The number of ketones is 1. The van der Waals surface area contributed by atoms with Crippen molar-refractivity contribution >= 4 is 16.6 Å². The van der Waals surface area contributed by atoms with Gasteiger partial charge < -0.3 is 0 Å². The Kier molecular flexibility index (Phi) is 4.38. The molecule has 0 N–H and O–H groups in total. The highest BCUT2D eigenvalue weighted by atomic mass is 16.1. The molecule has 0 unspecified atom stereocenters. The molecule has 1 aromatic heterocycles. The Balaban J connectivity index is 1.86. The molecule has 0 saturated carbocycles. The highest BCUT2D eigenvalue weighted by Crippen LogP contribution is 2.24. The van der Waals surface area contributed by atoms with Gasteiger partial charge in [-0.1, -0.05) is 78.4 Å². The summed E-state index contributed by atoms with van der Waals surface area (Å²) in [5, 5.41) is 5.90. The zero-order valence-corrected chi connectivity index (χ0v) is 14.9. The minimum Gasteiger partial charge on any atom is -0.292 e. The van der Waals surface area contributed by atoms with Gasteiger partial charge in [-0.15, -0.1) is 0 Å². The summed E-state index contributed by atoms with van der Waals surface area (Å²) in [4.78, 5) is 25.5. The van der Waals surface area contributed by atoms with Gasteiger partial charge in [0.15, 0.2) is 5.78 Å². The first-order chi connectivity index (χ1) is 13.1. The van der Waals surface area contributed by atoms with E-state index in [0.29, 0.717) is 16.6 Å². The molecule has 0 aliphatic rings. The van der Waals surface area contributed by atoms with Crippen LogP contribution < -0.4 is 5.56 Å². The van der Waals surface area contributed by atoms with Crippen LogP contribution in [0.5, 0.6) is 0 Å². The van der Waals surface area contributed by atoms with Crippen molar-refractivity contribution in [3.8, 4) is 11.3 Å². The second-order valence-corrected chi connectivity index (χ2v) is 6.51. The molecule has 0 bridgehead atoms. The van der Waals surface area contributed by atoms with Gasteiger partial charge in [-0.05, 0) is 13.0 Å². The molecule has 0 saturated heterocycles. The predicted octanol–water partition coefficient (Wildman–Crippen LogP) is 4.25. The van der Waals surface area contributed by atoms with E-state index < -0.39 is 0 Å². The molecular weight excluding hydrogens is 336 g/mol. The number of carbonyl (C=O) groups is 1. The maximum Gasteiger partial charge on any atom is 0.275 e. The third-order valence-corrected chi connectivity index (χ3v) is 4.58. The van der Waals surface area contributed by atoms with E-state index in [0.717, 1.165) is 16.5 Å². The summed E-state index contributed by atoms with van der Waals surface area (Å²) < 4.78 is 1.27. The van der Waals surface area contributed by atoms with E-state index in [1.54, 1.807) is 18.2 Å². The lowest BCUT2D eigenvalue weighted by atomic mass is 10.0. The van der Waals surface area contributed by atoms with Gasteiger partial charge in [-0.25, -0.2) is 4.68 Å². The number of aryl methyl sites for hydroxylation is 1. The van der Waals surface area contributed by atoms with Crippen LogP contribution in [0.2, 0.25) is 0 Å². The van der Waals surface area contributed by atoms with Crippen molar-refractivity contribution in [2.24, 2.45) is 0 Å². The van der Waals surface area contributed by atoms with Crippen molar-refractivity contribution in [2.45, 2.75) is 13.5 Å². The monoisotopic (exact) mass is 354 g/mol. The lowest BCUT2D eigenvalue weighted by Gasteiger charge is -2.11. The summed E-state index contributed by atoms with van der Waals surface area (Å²) in [6.07, 6.45) is 0. The Hall–Kier alpha value is -3.53. The zero-order chi connectivity index (χ0) is 18.8. The van der Waals surface area contributed by atoms with Gasteiger partial charge >= 0.3 is 0 Å². The van der Waals surface area contributed by atoms with E-state index in [2.05, 4.69) is 5.10 Å². The fourth-order valence-corrected chi connectivity index (χ4v) is 3.12. The van der Waals surface area contributed by atoms with Crippen molar-refractivity contribution in [3.63, 3.8) is 0 Å². The molecule has 0 spiro atoms. The van der Waals surface area contributed by atoms with Gasteiger partial charge in [0, 0.05) is 16.5 Å². The maximum absolute atomic E-state index is 12.9. The summed E-state index contributed by atoms with van der Waals surface area (Å²) in [6.45, 7) is 1.93. The van der Waals surface area contributed by atoms with Crippen LogP contribution in [-0.4, -0.2) is 15.6 Å². The number of rotatable bonds is 4. The standard InChI is InChI=1S/C23H18N2O2/c1-16-11-13-18(14-12-16)22-19-9-5-6-10-20(19)23(27)25(24-22)15-21(26)17-7-3-2-4-8-17/h2-14H,15H2,1H3. The molecule has 4 nitrogen and oxygen atoms in total. The zero-order valence-electron chi connectivity index (χ0n) is 14.9. The minimum atomic E-state index is -0.259. The Morgan fingerprint density at radius 1 is 0.852 bits per heavy atom. The molecule has 0 radical (unpaired) electrons. The number of hydrogen-bond acceptors (Lipinski definition) is 3. The maximum atomic E-state index is 12.9. The van der Waals surface area contributed by atoms with E-state index in [-0.39, 0.29) is 17.9 Å². The lowest BCUT2D eigenvalue weighted by Crippen LogP contribution is -2.27. The van der Waals surface area contributed by atoms with Gasteiger partial charge in [0.25, 0.3) is 5.56 Å². The van der Waals surface area contributed by atoms with Crippen LogP contribution in [0.1, 0.15) is 15.9 Å². The number of carbonyl (C=O) groups excluding carboxylic acids is 1. The van der Waals surface area contributed by atoms with Crippen molar-refractivity contribution in [1.29, 1.82) is 0 Å². The molecule has 3 aromatic carbocycles. The number of benzene rings is 3. The number of Topliss-reactive ketones (excluding diaryl/α,β-unsaturated/α-hetero) is 1. The van der Waals surface area contributed by atoms with Crippen molar-refractivity contribution < 1.29 is 4.79 Å². The van der Waals surface area contributed by atoms with Crippen LogP contribution in [0.4, 0.5) is 0 Å². The molecule has 132 valence electrons. The van der Waals surface area contributed by atoms with Crippen LogP contribution >= 0.6 is 0 Å². The summed E-state index contributed by atoms with van der Waals surface area (Å²) in [5.74, 6) is -0.143. The van der Waals surface area contributed by atoms with E-state index in [4.69, 9.17) is 0 Å². The smallest absolute Gasteiger partial charge is 0.275 e. The van der Waals surface area contributed by atoms with E-state index in [9.17, 15) is 9.59 Å².